The molecule has 3 heteroatoms. The van der Waals surface area contributed by atoms with Gasteiger partial charge >= 0.3 is 5.97 Å². The van der Waals surface area contributed by atoms with Gasteiger partial charge in [-0.15, -0.1) is 11.3 Å². The first kappa shape index (κ1) is 36.6. The fourth-order valence-electron chi connectivity index (χ4n) is 3.77. The van der Waals surface area contributed by atoms with E-state index in [0.29, 0.717) is 18.1 Å². The SMILES string of the molecule is CCC(C)CCc1cccs1.CCCC.CCCCOC(=O)c1ccc(C(C)CC)cc1.c1ccc(C2CC2)cc1. The molecule has 2 atom stereocenters. The van der Waals surface area contributed by atoms with Crippen LogP contribution >= 0.6 is 11.3 Å². The fourth-order valence-corrected chi connectivity index (χ4v) is 4.49. The molecule has 2 aromatic carbocycles. The van der Waals surface area contributed by atoms with E-state index >= 15 is 0 Å². The maximum atomic E-state index is 11.6. The topological polar surface area (TPSA) is 26.3 Å². The highest BCUT2D eigenvalue weighted by molar-refractivity contribution is 7.09. The summed E-state index contributed by atoms with van der Waals surface area (Å²) in [6.07, 6.45) is 12.5. The molecule has 2 unspecified atom stereocenters. The number of esters is 1. The number of ether oxygens (including phenoxy) is 1. The number of aryl methyl sites for hydroxylation is 1. The van der Waals surface area contributed by atoms with Crippen LogP contribution < -0.4 is 0 Å². The number of carbonyl (C=O) groups excluding carboxylic acids is 1. The Hall–Kier alpha value is -2.39. The summed E-state index contributed by atoms with van der Waals surface area (Å²) in [5.41, 5.74) is 3.45. The molecule has 0 radical (unpaired) electrons. The second-order valence-corrected chi connectivity index (χ2v) is 12.3. The van der Waals surface area contributed by atoms with Crippen LogP contribution in [0.2, 0.25) is 0 Å². The normalized spacial score (nSPS) is 13.2. The number of hydrogen-bond acceptors (Lipinski definition) is 3. The summed E-state index contributed by atoms with van der Waals surface area (Å²) in [5, 5.41) is 2.16. The second-order valence-electron chi connectivity index (χ2n) is 11.2. The molecule has 3 aromatic rings. The Bertz CT molecular complexity index is 989. The van der Waals surface area contributed by atoms with Gasteiger partial charge in [-0.25, -0.2) is 4.79 Å². The highest BCUT2D eigenvalue weighted by Gasteiger charge is 2.22. The Morgan fingerprint density at radius 2 is 1.49 bits per heavy atom. The molecule has 0 spiro atoms. The number of thiophene rings is 1. The van der Waals surface area contributed by atoms with Crippen molar-refractivity contribution in [1.82, 2.24) is 0 Å². The van der Waals surface area contributed by atoms with Gasteiger partial charge in [-0.1, -0.05) is 123 Å². The molecule has 228 valence electrons. The molecule has 0 amide bonds. The van der Waals surface area contributed by atoms with Crippen molar-refractivity contribution in [2.75, 3.05) is 6.61 Å². The molecule has 4 rings (SSSR count). The average Bonchev–Trinajstić information content (AvgIpc) is 3.75. The Morgan fingerprint density at radius 3 is 1.98 bits per heavy atom. The van der Waals surface area contributed by atoms with Crippen LogP contribution in [-0.2, 0) is 11.2 Å². The molecule has 1 aliphatic rings. The lowest BCUT2D eigenvalue weighted by molar-refractivity contribution is 0.0499. The molecule has 1 heterocycles. The molecule has 0 N–H and O–H groups in total. The highest BCUT2D eigenvalue weighted by Crippen LogP contribution is 2.39. The smallest absolute Gasteiger partial charge is 0.338 e. The van der Waals surface area contributed by atoms with Gasteiger partial charge in [0.05, 0.1) is 12.2 Å². The van der Waals surface area contributed by atoms with Crippen LogP contribution in [0.5, 0.6) is 0 Å². The van der Waals surface area contributed by atoms with Crippen molar-refractivity contribution in [3.8, 4) is 0 Å². The van der Waals surface area contributed by atoms with E-state index in [2.05, 4.69) is 96.3 Å². The summed E-state index contributed by atoms with van der Waals surface area (Å²) in [6.45, 7) is 15.9. The molecule has 0 saturated heterocycles. The van der Waals surface area contributed by atoms with Gasteiger partial charge in [-0.2, -0.15) is 0 Å². The van der Waals surface area contributed by atoms with Crippen molar-refractivity contribution in [2.24, 2.45) is 5.92 Å². The zero-order valence-electron chi connectivity index (χ0n) is 27.2. The van der Waals surface area contributed by atoms with Crippen LogP contribution in [0.3, 0.4) is 0 Å². The third-order valence-electron chi connectivity index (χ3n) is 7.57. The zero-order chi connectivity index (χ0) is 30.3. The first-order valence-electron chi connectivity index (χ1n) is 16.2. The van der Waals surface area contributed by atoms with Crippen LogP contribution in [0.15, 0.2) is 72.1 Å². The standard InChI is InChI=1S/C15H22O2.C10H16S.C9H10.C4H10/c1-4-6-11-17-15(16)14-9-7-13(8-10-14)12(3)5-2;1-3-9(2)6-7-10-5-4-8-11-10;1-2-4-8(5-3-1)9-6-7-9;1-3-4-2/h7-10,12H,4-6,11H2,1-3H3;4-5,8-9H,3,6-7H2,1-2H3;1-5,9H,6-7H2;3-4H2,1-2H3. The maximum absolute atomic E-state index is 11.6. The molecule has 1 fully saturated rings. The number of benzene rings is 2. The minimum atomic E-state index is -0.214. The number of rotatable bonds is 12. The minimum absolute atomic E-state index is 0.214. The van der Waals surface area contributed by atoms with Crippen molar-refractivity contribution < 1.29 is 9.53 Å². The zero-order valence-corrected chi connectivity index (χ0v) is 28.0. The summed E-state index contributed by atoms with van der Waals surface area (Å²) in [4.78, 5) is 13.2. The average molecular weight is 579 g/mol. The Morgan fingerprint density at radius 1 is 0.829 bits per heavy atom. The summed E-state index contributed by atoms with van der Waals surface area (Å²) < 4.78 is 5.16. The molecular formula is C38H58O2S. The van der Waals surface area contributed by atoms with Gasteiger partial charge in [0.2, 0.25) is 0 Å². The van der Waals surface area contributed by atoms with E-state index < -0.39 is 0 Å². The number of hydrogen-bond donors (Lipinski definition) is 0. The Balaban J connectivity index is 0.000000301. The molecule has 1 saturated carbocycles. The maximum Gasteiger partial charge on any atom is 0.338 e. The van der Waals surface area contributed by atoms with E-state index in [1.54, 1.807) is 0 Å². The third kappa shape index (κ3) is 17.2. The van der Waals surface area contributed by atoms with E-state index in [1.807, 2.05) is 35.6 Å². The quantitative estimate of drug-likeness (QED) is 0.158. The van der Waals surface area contributed by atoms with Gasteiger partial charge in [0, 0.05) is 4.88 Å². The van der Waals surface area contributed by atoms with E-state index in [0.717, 1.165) is 31.1 Å². The Kier molecular flexibility index (Phi) is 20.7. The predicted molar refractivity (Wildman–Crippen MR) is 181 cm³/mol. The molecule has 2 nitrogen and oxygen atoms in total. The van der Waals surface area contributed by atoms with E-state index in [-0.39, 0.29) is 5.97 Å². The lowest BCUT2D eigenvalue weighted by Gasteiger charge is -2.09. The number of unbranched alkanes of at least 4 members (excludes halogenated alkanes) is 2. The van der Waals surface area contributed by atoms with Crippen LogP contribution in [-0.4, -0.2) is 12.6 Å². The largest absolute Gasteiger partial charge is 0.462 e. The van der Waals surface area contributed by atoms with Crippen molar-refractivity contribution in [3.05, 3.63) is 93.7 Å². The van der Waals surface area contributed by atoms with Crippen LogP contribution in [0.4, 0.5) is 0 Å². The van der Waals surface area contributed by atoms with Gasteiger partial charge in [0.15, 0.2) is 0 Å². The molecule has 0 aliphatic heterocycles. The van der Waals surface area contributed by atoms with Crippen LogP contribution in [0.25, 0.3) is 0 Å². The lowest BCUT2D eigenvalue weighted by atomic mass is 9.98. The van der Waals surface area contributed by atoms with Crippen LogP contribution in [0.1, 0.15) is 144 Å². The Labute approximate surface area is 257 Å². The summed E-state index contributed by atoms with van der Waals surface area (Å²) in [6, 6.07) is 22.9. The highest BCUT2D eigenvalue weighted by atomic mass is 32.1. The molecular weight excluding hydrogens is 520 g/mol. The van der Waals surface area contributed by atoms with Crippen molar-refractivity contribution in [3.63, 3.8) is 0 Å². The van der Waals surface area contributed by atoms with Gasteiger partial charge in [0.25, 0.3) is 0 Å². The number of carbonyl (C=O) groups is 1. The molecule has 41 heavy (non-hydrogen) atoms. The monoisotopic (exact) mass is 578 g/mol. The molecule has 1 aromatic heterocycles. The van der Waals surface area contributed by atoms with Crippen molar-refractivity contribution in [2.45, 2.75) is 125 Å². The van der Waals surface area contributed by atoms with Crippen LogP contribution in [0, 0.1) is 5.92 Å². The van der Waals surface area contributed by atoms with Crippen molar-refractivity contribution >= 4 is 17.3 Å². The van der Waals surface area contributed by atoms with E-state index in [9.17, 15) is 4.79 Å². The summed E-state index contributed by atoms with van der Waals surface area (Å²) >= 11 is 1.88. The van der Waals surface area contributed by atoms with Gasteiger partial charge in [-0.05, 0) is 91.0 Å². The van der Waals surface area contributed by atoms with E-state index in [1.165, 1.54) is 60.9 Å². The molecule has 0 bridgehead atoms. The van der Waals surface area contributed by atoms with E-state index in [4.69, 9.17) is 4.74 Å². The van der Waals surface area contributed by atoms with Gasteiger partial charge in [-0.3, -0.25) is 0 Å². The van der Waals surface area contributed by atoms with Crippen molar-refractivity contribution in [1.29, 1.82) is 0 Å². The first-order chi connectivity index (χ1) is 19.9. The predicted octanol–water partition coefficient (Wildman–Crippen LogP) is 12.3. The first-order valence-corrected chi connectivity index (χ1v) is 17.1. The summed E-state index contributed by atoms with van der Waals surface area (Å²) in [5.74, 6) is 2.12. The van der Waals surface area contributed by atoms with Gasteiger partial charge < -0.3 is 4.74 Å². The summed E-state index contributed by atoms with van der Waals surface area (Å²) in [7, 11) is 0. The lowest BCUT2D eigenvalue weighted by Crippen LogP contribution is -2.06. The van der Waals surface area contributed by atoms with Gasteiger partial charge in [0.1, 0.15) is 0 Å². The minimum Gasteiger partial charge on any atom is -0.462 e. The molecule has 1 aliphatic carbocycles. The fraction of sp³-hybridized carbons (Fsp3) is 0.553. The third-order valence-corrected chi connectivity index (χ3v) is 8.50. The second kappa shape index (κ2) is 23.2.